The molecule has 0 spiro atoms. The normalized spacial score (nSPS) is 18.8. The maximum absolute atomic E-state index is 14.5. The van der Waals surface area contributed by atoms with Crippen LogP contribution in [0, 0.1) is 17.6 Å². The first-order valence-electron chi connectivity index (χ1n) is 11.2. The summed E-state index contributed by atoms with van der Waals surface area (Å²) in [5, 5.41) is 0. The highest BCUT2D eigenvalue weighted by atomic mass is 19.2. The number of rotatable bonds is 6. The van der Waals surface area contributed by atoms with E-state index in [1.807, 2.05) is 31.2 Å². The molecule has 3 aromatic carbocycles. The van der Waals surface area contributed by atoms with Gasteiger partial charge in [0, 0.05) is 11.5 Å². The van der Waals surface area contributed by atoms with E-state index in [9.17, 15) is 8.78 Å². The van der Waals surface area contributed by atoms with Crippen LogP contribution in [0.1, 0.15) is 38.4 Å². The molecule has 1 saturated heterocycles. The Balaban J connectivity index is 1.47. The van der Waals surface area contributed by atoms with Crippen molar-refractivity contribution in [2.24, 2.45) is 5.92 Å². The van der Waals surface area contributed by atoms with Crippen molar-refractivity contribution in [3.63, 3.8) is 0 Å². The van der Waals surface area contributed by atoms with E-state index in [4.69, 9.17) is 9.47 Å². The Hall–Kier alpha value is -2.98. The van der Waals surface area contributed by atoms with Crippen molar-refractivity contribution in [3.8, 4) is 28.0 Å². The first kappa shape index (κ1) is 22.2. The highest BCUT2D eigenvalue weighted by Crippen LogP contribution is 2.34. The van der Waals surface area contributed by atoms with Crippen molar-refractivity contribution in [2.75, 3.05) is 13.2 Å². The van der Waals surface area contributed by atoms with Crippen LogP contribution in [0.25, 0.3) is 22.3 Å². The molecule has 0 amide bonds. The fourth-order valence-electron chi connectivity index (χ4n) is 4.21. The summed E-state index contributed by atoms with van der Waals surface area (Å²) in [4.78, 5) is 0. The Morgan fingerprint density at radius 1 is 0.875 bits per heavy atom. The smallest absolute Gasteiger partial charge is 0.201 e. The molecule has 1 fully saturated rings. The molecule has 0 N–H and O–H groups in total. The number of allylic oxidation sites excluding steroid dienone is 1. The van der Waals surface area contributed by atoms with Gasteiger partial charge in [0.15, 0.2) is 11.6 Å². The number of hydrogen-bond donors (Lipinski definition) is 0. The molecule has 1 heterocycles. The summed E-state index contributed by atoms with van der Waals surface area (Å²) in [5.41, 5.74) is 4.12. The summed E-state index contributed by atoms with van der Waals surface area (Å²) in [6, 6.07) is 18.9. The van der Waals surface area contributed by atoms with Crippen LogP contribution in [0.5, 0.6) is 5.75 Å². The predicted molar refractivity (Wildman–Crippen MR) is 125 cm³/mol. The van der Waals surface area contributed by atoms with Gasteiger partial charge in [-0.05, 0) is 61.1 Å². The summed E-state index contributed by atoms with van der Waals surface area (Å²) in [6.45, 7) is 4.83. The van der Waals surface area contributed by atoms with Crippen LogP contribution in [0.2, 0.25) is 0 Å². The minimum atomic E-state index is -0.953. The van der Waals surface area contributed by atoms with Crippen LogP contribution in [0.15, 0.2) is 72.8 Å². The zero-order valence-electron chi connectivity index (χ0n) is 18.5. The van der Waals surface area contributed by atoms with Crippen LogP contribution < -0.4 is 4.74 Å². The monoisotopic (exact) mass is 434 g/mol. The second-order valence-electron chi connectivity index (χ2n) is 8.06. The molecule has 2 unspecified atom stereocenters. The Kier molecular flexibility index (Phi) is 7.01. The molecular weight excluding hydrogens is 406 g/mol. The van der Waals surface area contributed by atoms with Crippen molar-refractivity contribution in [3.05, 3.63) is 90.0 Å². The van der Waals surface area contributed by atoms with E-state index in [1.54, 1.807) is 13.0 Å². The van der Waals surface area contributed by atoms with Crippen molar-refractivity contribution in [1.29, 1.82) is 0 Å². The summed E-state index contributed by atoms with van der Waals surface area (Å²) >= 11 is 0. The van der Waals surface area contributed by atoms with E-state index in [1.165, 1.54) is 11.6 Å². The van der Waals surface area contributed by atoms with E-state index >= 15 is 0 Å². The standard InChI is InChI=1S/C28H28F2O2/c1-3-5-19-6-16-25(32-18-19)23-13-9-21(10-14-23)20-7-11-22(12-8-20)24-15-17-26(31-4-2)28(30)27(24)29/h3,5,7-15,17,19,25H,4,6,16,18H2,1-2H3. The van der Waals surface area contributed by atoms with Crippen LogP contribution in [-0.4, -0.2) is 13.2 Å². The number of ether oxygens (including phenoxy) is 2. The van der Waals surface area contributed by atoms with Gasteiger partial charge in [-0.2, -0.15) is 4.39 Å². The predicted octanol–water partition coefficient (Wildman–Crippen LogP) is 7.74. The molecular formula is C28H28F2O2. The summed E-state index contributed by atoms with van der Waals surface area (Å²) < 4.78 is 39.9. The zero-order chi connectivity index (χ0) is 22.5. The molecule has 0 saturated carbocycles. The Bertz CT molecular complexity index is 1060. The van der Waals surface area contributed by atoms with E-state index in [-0.39, 0.29) is 24.0 Å². The van der Waals surface area contributed by atoms with Crippen molar-refractivity contribution in [2.45, 2.75) is 32.8 Å². The van der Waals surface area contributed by atoms with Gasteiger partial charge in [0.1, 0.15) is 0 Å². The molecule has 4 rings (SSSR count). The van der Waals surface area contributed by atoms with Gasteiger partial charge in [-0.3, -0.25) is 0 Å². The average molecular weight is 435 g/mol. The molecule has 0 aromatic heterocycles. The third-order valence-corrected chi connectivity index (χ3v) is 5.93. The molecule has 4 heteroatoms. The average Bonchev–Trinajstić information content (AvgIpc) is 2.83. The number of benzene rings is 3. The maximum atomic E-state index is 14.5. The van der Waals surface area contributed by atoms with Gasteiger partial charge in [0.05, 0.1) is 19.3 Å². The topological polar surface area (TPSA) is 18.5 Å². The van der Waals surface area contributed by atoms with Crippen LogP contribution in [-0.2, 0) is 4.74 Å². The molecule has 2 atom stereocenters. The first-order valence-corrected chi connectivity index (χ1v) is 11.2. The Morgan fingerprint density at radius 3 is 2.12 bits per heavy atom. The molecule has 1 aliphatic rings. The zero-order valence-corrected chi connectivity index (χ0v) is 18.5. The van der Waals surface area contributed by atoms with Gasteiger partial charge < -0.3 is 9.47 Å². The SMILES string of the molecule is CC=CC1CCC(c2ccc(-c3ccc(-c4ccc(OCC)c(F)c4F)cc3)cc2)OC1. The molecule has 0 radical (unpaired) electrons. The fourth-order valence-corrected chi connectivity index (χ4v) is 4.21. The van der Waals surface area contributed by atoms with E-state index in [2.05, 4.69) is 36.4 Å². The maximum Gasteiger partial charge on any atom is 0.201 e. The van der Waals surface area contributed by atoms with Crippen molar-refractivity contribution >= 4 is 0 Å². The quantitative estimate of drug-likeness (QED) is 0.369. The lowest BCUT2D eigenvalue weighted by molar-refractivity contribution is -0.00524. The minimum Gasteiger partial charge on any atom is -0.491 e. The van der Waals surface area contributed by atoms with Gasteiger partial charge in [0.2, 0.25) is 5.82 Å². The van der Waals surface area contributed by atoms with E-state index < -0.39 is 11.6 Å². The Morgan fingerprint density at radius 2 is 1.53 bits per heavy atom. The number of halogens is 2. The van der Waals surface area contributed by atoms with Crippen LogP contribution in [0.4, 0.5) is 8.78 Å². The molecule has 166 valence electrons. The molecule has 0 bridgehead atoms. The minimum absolute atomic E-state index is 0.0650. The lowest BCUT2D eigenvalue weighted by Gasteiger charge is -2.27. The van der Waals surface area contributed by atoms with Gasteiger partial charge in [-0.25, -0.2) is 4.39 Å². The summed E-state index contributed by atoms with van der Waals surface area (Å²) in [5.74, 6) is -1.39. The first-order chi connectivity index (χ1) is 15.6. The molecule has 2 nitrogen and oxygen atoms in total. The summed E-state index contributed by atoms with van der Waals surface area (Å²) in [6.07, 6.45) is 6.62. The third kappa shape index (κ3) is 4.76. The van der Waals surface area contributed by atoms with Gasteiger partial charge in [0.25, 0.3) is 0 Å². The van der Waals surface area contributed by atoms with Gasteiger partial charge >= 0.3 is 0 Å². The Labute approximate surface area is 188 Å². The van der Waals surface area contributed by atoms with Gasteiger partial charge in [-0.1, -0.05) is 60.7 Å². The number of hydrogen-bond acceptors (Lipinski definition) is 2. The van der Waals surface area contributed by atoms with E-state index in [0.29, 0.717) is 11.5 Å². The highest BCUT2D eigenvalue weighted by molar-refractivity contribution is 5.71. The lowest BCUT2D eigenvalue weighted by atomic mass is 9.93. The largest absolute Gasteiger partial charge is 0.491 e. The molecule has 0 aliphatic carbocycles. The molecule has 32 heavy (non-hydrogen) atoms. The van der Waals surface area contributed by atoms with Crippen molar-refractivity contribution < 1.29 is 18.3 Å². The lowest BCUT2D eigenvalue weighted by Crippen LogP contribution is -2.19. The van der Waals surface area contributed by atoms with Crippen molar-refractivity contribution in [1.82, 2.24) is 0 Å². The van der Waals surface area contributed by atoms with Crippen LogP contribution >= 0.6 is 0 Å². The highest BCUT2D eigenvalue weighted by Gasteiger charge is 2.21. The second kappa shape index (κ2) is 10.1. The molecule has 3 aromatic rings. The van der Waals surface area contributed by atoms with Crippen LogP contribution in [0.3, 0.4) is 0 Å². The second-order valence-corrected chi connectivity index (χ2v) is 8.06. The van der Waals surface area contributed by atoms with Gasteiger partial charge in [-0.15, -0.1) is 0 Å². The third-order valence-electron chi connectivity index (χ3n) is 5.93. The summed E-state index contributed by atoms with van der Waals surface area (Å²) in [7, 11) is 0. The van der Waals surface area contributed by atoms with E-state index in [0.717, 1.165) is 30.6 Å². The molecule has 1 aliphatic heterocycles. The fraction of sp³-hybridized carbons (Fsp3) is 0.286.